The van der Waals surface area contributed by atoms with E-state index < -0.39 is 0 Å². The van der Waals surface area contributed by atoms with E-state index >= 15 is 0 Å². The normalized spacial score (nSPS) is 16.2. The van der Waals surface area contributed by atoms with Gasteiger partial charge in [0.1, 0.15) is 24.0 Å². The number of ether oxygens (including phenoxy) is 3. The summed E-state index contributed by atoms with van der Waals surface area (Å²) < 4.78 is 17.3. The third-order valence-electron chi connectivity index (χ3n) is 6.20. The standard InChI is InChI=1S/C28H27NO4/c1-19-27-22(17-29(18-32-27)14-6-9-20-7-4-3-5-8-20)16-24-26(30)25(33-28(19)24)15-21-10-12-23(31-2)13-11-21/h3-5,7-8,10-13,15-16H,6,9,14,17-18H2,1-2H3/b25-15-. The van der Waals surface area contributed by atoms with E-state index in [1.807, 2.05) is 43.3 Å². The summed E-state index contributed by atoms with van der Waals surface area (Å²) >= 11 is 0. The SMILES string of the molecule is COc1ccc(/C=C2\Oc3c(cc4c(c3C)OCN(CCCc3ccccc3)C4)C2=O)cc1. The van der Waals surface area contributed by atoms with Crippen molar-refractivity contribution < 1.29 is 19.0 Å². The zero-order chi connectivity index (χ0) is 22.8. The van der Waals surface area contributed by atoms with Gasteiger partial charge in [0.25, 0.3) is 0 Å². The molecule has 0 unspecified atom stereocenters. The summed E-state index contributed by atoms with van der Waals surface area (Å²) in [5.74, 6) is 2.46. The van der Waals surface area contributed by atoms with Crippen molar-refractivity contribution in [1.29, 1.82) is 0 Å². The molecule has 0 amide bonds. The molecule has 0 atom stereocenters. The maximum atomic E-state index is 13.1. The molecule has 5 heteroatoms. The number of methoxy groups -OCH3 is 1. The molecule has 0 N–H and O–H groups in total. The average molecular weight is 442 g/mol. The van der Waals surface area contributed by atoms with Crippen LogP contribution in [-0.4, -0.2) is 31.1 Å². The Bertz CT molecular complexity index is 1200. The van der Waals surface area contributed by atoms with Crippen molar-refractivity contribution in [3.05, 3.63) is 94.2 Å². The van der Waals surface area contributed by atoms with Gasteiger partial charge in [-0.2, -0.15) is 0 Å². The van der Waals surface area contributed by atoms with Crippen molar-refractivity contribution >= 4 is 11.9 Å². The van der Waals surface area contributed by atoms with Crippen molar-refractivity contribution in [1.82, 2.24) is 4.90 Å². The van der Waals surface area contributed by atoms with Gasteiger partial charge in [0.05, 0.1) is 12.7 Å². The number of benzene rings is 3. The molecule has 0 aromatic heterocycles. The van der Waals surface area contributed by atoms with Crippen LogP contribution in [0.25, 0.3) is 6.08 Å². The number of ketones is 1. The Morgan fingerprint density at radius 1 is 1.06 bits per heavy atom. The molecule has 2 heterocycles. The smallest absolute Gasteiger partial charge is 0.231 e. The van der Waals surface area contributed by atoms with Gasteiger partial charge in [0, 0.05) is 24.2 Å². The number of nitrogens with zero attached hydrogens (tertiary/aromatic N) is 1. The summed E-state index contributed by atoms with van der Waals surface area (Å²) in [6, 6.07) is 20.0. The van der Waals surface area contributed by atoms with E-state index in [0.717, 1.165) is 54.1 Å². The fourth-order valence-electron chi connectivity index (χ4n) is 4.44. The number of rotatable bonds is 6. The van der Waals surface area contributed by atoms with E-state index in [0.29, 0.717) is 23.8 Å². The molecular weight excluding hydrogens is 414 g/mol. The Balaban J connectivity index is 1.31. The minimum absolute atomic E-state index is 0.0899. The Hall–Kier alpha value is -3.57. The third-order valence-corrected chi connectivity index (χ3v) is 6.20. The van der Waals surface area contributed by atoms with E-state index in [-0.39, 0.29) is 5.78 Å². The second-order valence-corrected chi connectivity index (χ2v) is 8.49. The number of allylic oxidation sites excluding steroid dienone is 1. The van der Waals surface area contributed by atoms with Crippen LogP contribution in [0.15, 0.2) is 66.4 Å². The van der Waals surface area contributed by atoms with Crippen molar-refractivity contribution in [3.8, 4) is 17.2 Å². The van der Waals surface area contributed by atoms with Gasteiger partial charge < -0.3 is 14.2 Å². The number of fused-ring (bicyclic) bond motifs is 2. The minimum atomic E-state index is -0.0899. The van der Waals surface area contributed by atoms with Gasteiger partial charge >= 0.3 is 0 Å². The molecule has 0 bridgehead atoms. The molecule has 3 aromatic carbocycles. The Morgan fingerprint density at radius 3 is 2.61 bits per heavy atom. The lowest BCUT2D eigenvalue weighted by Crippen LogP contribution is -2.33. The Kier molecular flexibility index (Phi) is 5.88. The number of carbonyl (C=O) groups excluding carboxylic acids is 1. The zero-order valence-corrected chi connectivity index (χ0v) is 19.0. The molecule has 0 radical (unpaired) electrons. The summed E-state index contributed by atoms with van der Waals surface area (Å²) in [7, 11) is 1.63. The topological polar surface area (TPSA) is 48.0 Å². The molecule has 0 saturated heterocycles. The first-order valence-electron chi connectivity index (χ1n) is 11.3. The first kappa shape index (κ1) is 21.3. The highest BCUT2D eigenvalue weighted by Gasteiger charge is 2.33. The second-order valence-electron chi connectivity index (χ2n) is 8.49. The predicted molar refractivity (Wildman–Crippen MR) is 128 cm³/mol. The third kappa shape index (κ3) is 4.37. The fourth-order valence-corrected chi connectivity index (χ4v) is 4.44. The maximum absolute atomic E-state index is 13.1. The number of aryl methyl sites for hydroxylation is 1. The van der Waals surface area contributed by atoms with E-state index in [9.17, 15) is 4.79 Å². The first-order chi connectivity index (χ1) is 16.1. The van der Waals surface area contributed by atoms with Gasteiger partial charge in [0.15, 0.2) is 5.76 Å². The molecule has 168 valence electrons. The van der Waals surface area contributed by atoms with Crippen LogP contribution in [0, 0.1) is 6.92 Å². The summed E-state index contributed by atoms with van der Waals surface area (Å²) in [5.41, 5.74) is 4.78. The largest absolute Gasteiger partial charge is 0.497 e. The Morgan fingerprint density at radius 2 is 1.85 bits per heavy atom. The molecule has 0 saturated carbocycles. The molecule has 5 nitrogen and oxygen atoms in total. The number of carbonyl (C=O) groups is 1. The molecule has 0 spiro atoms. The van der Waals surface area contributed by atoms with Crippen LogP contribution in [0.4, 0.5) is 0 Å². The van der Waals surface area contributed by atoms with E-state index in [2.05, 4.69) is 29.2 Å². The van der Waals surface area contributed by atoms with Crippen LogP contribution >= 0.6 is 0 Å². The zero-order valence-electron chi connectivity index (χ0n) is 19.0. The number of Topliss-reactive ketones (excluding diaryl/α,β-unsaturated/α-hetero) is 1. The molecule has 33 heavy (non-hydrogen) atoms. The van der Waals surface area contributed by atoms with Gasteiger partial charge in [-0.05, 0) is 55.2 Å². The summed E-state index contributed by atoms with van der Waals surface area (Å²) in [6.07, 6.45) is 3.87. The van der Waals surface area contributed by atoms with Crippen LogP contribution in [-0.2, 0) is 13.0 Å². The predicted octanol–water partition coefficient (Wildman–Crippen LogP) is 5.40. The lowest BCUT2D eigenvalue weighted by atomic mass is 10.00. The van der Waals surface area contributed by atoms with Gasteiger partial charge in [-0.25, -0.2) is 0 Å². The number of hydrogen-bond donors (Lipinski definition) is 0. The second kappa shape index (κ2) is 9.12. The highest BCUT2D eigenvalue weighted by Crippen LogP contribution is 2.43. The monoisotopic (exact) mass is 441 g/mol. The lowest BCUT2D eigenvalue weighted by Gasteiger charge is -2.30. The molecule has 2 aliphatic heterocycles. The maximum Gasteiger partial charge on any atom is 0.231 e. The van der Waals surface area contributed by atoms with Crippen molar-refractivity contribution in [2.24, 2.45) is 0 Å². The van der Waals surface area contributed by atoms with Crippen LogP contribution in [0.2, 0.25) is 0 Å². The lowest BCUT2D eigenvalue weighted by molar-refractivity contribution is 0.0932. The highest BCUT2D eigenvalue weighted by atomic mass is 16.5. The average Bonchev–Trinajstić information content (AvgIpc) is 3.16. The van der Waals surface area contributed by atoms with Crippen molar-refractivity contribution in [2.75, 3.05) is 20.4 Å². The van der Waals surface area contributed by atoms with E-state index in [4.69, 9.17) is 14.2 Å². The molecule has 3 aromatic rings. The van der Waals surface area contributed by atoms with E-state index in [1.165, 1.54) is 5.56 Å². The van der Waals surface area contributed by atoms with Crippen LogP contribution in [0.1, 0.15) is 39.0 Å². The number of hydrogen-bond acceptors (Lipinski definition) is 5. The summed E-state index contributed by atoms with van der Waals surface area (Å²) in [6.45, 7) is 4.22. The van der Waals surface area contributed by atoms with Gasteiger partial charge in [-0.15, -0.1) is 0 Å². The van der Waals surface area contributed by atoms with Crippen molar-refractivity contribution in [3.63, 3.8) is 0 Å². The Labute approximate surface area is 194 Å². The minimum Gasteiger partial charge on any atom is -0.497 e. The molecular formula is C28H27NO4. The van der Waals surface area contributed by atoms with Crippen molar-refractivity contribution in [2.45, 2.75) is 26.3 Å². The first-order valence-corrected chi connectivity index (χ1v) is 11.3. The summed E-state index contributed by atoms with van der Waals surface area (Å²) in [5, 5.41) is 0. The molecule has 0 aliphatic carbocycles. The highest BCUT2D eigenvalue weighted by molar-refractivity contribution is 6.15. The molecule has 5 rings (SSSR count). The van der Waals surface area contributed by atoms with Gasteiger partial charge in [-0.3, -0.25) is 9.69 Å². The van der Waals surface area contributed by atoms with Crippen LogP contribution in [0.3, 0.4) is 0 Å². The van der Waals surface area contributed by atoms with Crippen LogP contribution in [0.5, 0.6) is 17.2 Å². The fraction of sp³-hybridized carbons (Fsp3) is 0.250. The van der Waals surface area contributed by atoms with Crippen LogP contribution < -0.4 is 14.2 Å². The summed E-state index contributed by atoms with van der Waals surface area (Å²) in [4.78, 5) is 15.4. The van der Waals surface area contributed by atoms with Gasteiger partial charge in [-0.1, -0.05) is 42.5 Å². The van der Waals surface area contributed by atoms with Gasteiger partial charge in [0.2, 0.25) is 5.78 Å². The molecule has 2 aliphatic rings. The quantitative estimate of drug-likeness (QED) is 0.479. The van der Waals surface area contributed by atoms with E-state index in [1.54, 1.807) is 13.2 Å². The molecule has 0 fully saturated rings.